The summed E-state index contributed by atoms with van der Waals surface area (Å²) in [6.45, 7) is 3.62. The summed E-state index contributed by atoms with van der Waals surface area (Å²) in [6, 6.07) is 4.07. The average Bonchev–Trinajstić information content (AvgIpc) is 3.21. The van der Waals surface area contributed by atoms with Crippen LogP contribution >= 0.6 is 0 Å². The molecule has 2 rings (SSSR count). The normalized spacial score (nSPS) is 14.1. The molecule has 1 N–H and O–H groups in total. The van der Waals surface area contributed by atoms with Gasteiger partial charge >= 0.3 is 5.97 Å². The van der Waals surface area contributed by atoms with Gasteiger partial charge in [-0.15, -0.1) is 0 Å². The SMILES string of the molecule is CCCN(CC1CC1)c1ccc([N+](=O)[O-])cc1C(=O)O. The molecule has 0 aliphatic heterocycles. The Labute approximate surface area is 117 Å². The van der Waals surface area contributed by atoms with E-state index in [1.165, 1.54) is 18.9 Å². The Hall–Kier alpha value is -2.11. The van der Waals surface area contributed by atoms with Crippen molar-refractivity contribution in [3.05, 3.63) is 33.9 Å². The largest absolute Gasteiger partial charge is 0.478 e. The lowest BCUT2D eigenvalue weighted by atomic mass is 10.1. The van der Waals surface area contributed by atoms with Crippen molar-refractivity contribution in [2.24, 2.45) is 5.92 Å². The van der Waals surface area contributed by atoms with Crippen LogP contribution in [0.1, 0.15) is 36.5 Å². The number of anilines is 1. The second-order valence-corrected chi connectivity index (χ2v) is 5.15. The molecule has 1 aliphatic carbocycles. The van der Waals surface area contributed by atoms with Crippen LogP contribution in [0.25, 0.3) is 0 Å². The molecule has 108 valence electrons. The van der Waals surface area contributed by atoms with Gasteiger partial charge in [0.15, 0.2) is 0 Å². The molecule has 0 bridgehead atoms. The number of carboxylic acid groups (broad SMARTS) is 1. The highest BCUT2D eigenvalue weighted by atomic mass is 16.6. The zero-order valence-corrected chi connectivity index (χ0v) is 11.4. The number of aromatic carboxylic acids is 1. The molecule has 0 radical (unpaired) electrons. The number of hydrogen-bond donors (Lipinski definition) is 1. The summed E-state index contributed by atoms with van der Waals surface area (Å²) in [5.74, 6) is -0.501. The van der Waals surface area contributed by atoms with Crippen molar-refractivity contribution in [3.63, 3.8) is 0 Å². The summed E-state index contributed by atoms with van der Waals surface area (Å²) < 4.78 is 0. The van der Waals surface area contributed by atoms with Gasteiger partial charge in [0.2, 0.25) is 0 Å². The van der Waals surface area contributed by atoms with E-state index in [9.17, 15) is 20.0 Å². The van der Waals surface area contributed by atoms with Crippen LogP contribution in [-0.2, 0) is 0 Å². The highest BCUT2D eigenvalue weighted by Crippen LogP contribution is 2.33. The Morgan fingerprint density at radius 2 is 2.20 bits per heavy atom. The Morgan fingerprint density at radius 1 is 1.50 bits per heavy atom. The molecule has 1 aromatic carbocycles. The van der Waals surface area contributed by atoms with Crippen LogP contribution in [0, 0.1) is 16.0 Å². The topological polar surface area (TPSA) is 83.7 Å². The molecule has 0 spiro atoms. The molecule has 1 aromatic rings. The smallest absolute Gasteiger partial charge is 0.338 e. The van der Waals surface area contributed by atoms with Crippen molar-refractivity contribution in [3.8, 4) is 0 Å². The van der Waals surface area contributed by atoms with E-state index in [4.69, 9.17) is 0 Å². The van der Waals surface area contributed by atoms with Crippen molar-refractivity contribution < 1.29 is 14.8 Å². The Morgan fingerprint density at radius 3 is 2.70 bits per heavy atom. The molecule has 6 heteroatoms. The van der Waals surface area contributed by atoms with Gasteiger partial charge in [-0.3, -0.25) is 10.1 Å². The third kappa shape index (κ3) is 3.26. The fraction of sp³-hybridized carbons (Fsp3) is 0.500. The number of nitro groups is 1. The summed E-state index contributed by atoms with van der Waals surface area (Å²) in [6.07, 6.45) is 3.26. The van der Waals surface area contributed by atoms with Gasteiger partial charge in [-0.1, -0.05) is 6.92 Å². The molecule has 20 heavy (non-hydrogen) atoms. The Bertz CT molecular complexity index is 526. The van der Waals surface area contributed by atoms with Crippen molar-refractivity contribution in [1.82, 2.24) is 0 Å². The number of nitro benzene ring substituents is 1. The van der Waals surface area contributed by atoms with Crippen LogP contribution in [0.4, 0.5) is 11.4 Å². The Balaban J connectivity index is 2.35. The second kappa shape index (κ2) is 5.90. The third-order valence-corrected chi connectivity index (χ3v) is 3.43. The molecular weight excluding hydrogens is 260 g/mol. The predicted molar refractivity (Wildman–Crippen MR) is 75.3 cm³/mol. The van der Waals surface area contributed by atoms with Crippen molar-refractivity contribution in [1.29, 1.82) is 0 Å². The quantitative estimate of drug-likeness (QED) is 0.612. The minimum atomic E-state index is -1.12. The van der Waals surface area contributed by atoms with Crippen molar-refractivity contribution >= 4 is 17.3 Å². The number of nitrogens with zero attached hydrogens (tertiary/aromatic N) is 2. The molecule has 1 aliphatic rings. The minimum Gasteiger partial charge on any atom is -0.478 e. The van der Waals surface area contributed by atoms with Gasteiger partial charge in [0.05, 0.1) is 16.2 Å². The van der Waals surface area contributed by atoms with Gasteiger partial charge in [-0.2, -0.15) is 0 Å². The van der Waals surface area contributed by atoms with Crippen LogP contribution in [0.15, 0.2) is 18.2 Å². The van der Waals surface area contributed by atoms with Crippen LogP contribution in [0.2, 0.25) is 0 Å². The molecule has 1 fully saturated rings. The molecule has 0 saturated heterocycles. The lowest BCUT2D eigenvalue weighted by Gasteiger charge is -2.25. The zero-order valence-electron chi connectivity index (χ0n) is 11.4. The van der Waals surface area contributed by atoms with Gasteiger partial charge in [0.25, 0.3) is 5.69 Å². The maximum Gasteiger partial charge on any atom is 0.338 e. The molecule has 0 unspecified atom stereocenters. The standard InChI is InChI=1S/C14H18N2O4/c1-2-7-15(9-10-3-4-10)13-6-5-11(16(19)20)8-12(13)14(17)18/h5-6,8,10H,2-4,7,9H2,1H3,(H,17,18). The minimum absolute atomic E-state index is 0.00769. The van der Waals surface area contributed by atoms with E-state index in [0.717, 1.165) is 25.6 Å². The molecule has 0 heterocycles. The maximum absolute atomic E-state index is 11.4. The lowest BCUT2D eigenvalue weighted by molar-refractivity contribution is -0.384. The average molecular weight is 278 g/mol. The van der Waals surface area contributed by atoms with E-state index < -0.39 is 10.9 Å². The summed E-state index contributed by atoms with van der Waals surface area (Å²) in [4.78, 5) is 23.6. The molecule has 1 saturated carbocycles. The lowest BCUT2D eigenvalue weighted by Crippen LogP contribution is -2.28. The highest BCUT2D eigenvalue weighted by Gasteiger charge is 2.27. The van der Waals surface area contributed by atoms with Crippen molar-refractivity contribution in [2.45, 2.75) is 26.2 Å². The van der Waals surface area contributed by atoms with E-state index in [0.29, 0.717) is 11.6 Å². The zero-order chi connectivity index (χ0) is 14.7. The van der Waals surface area contributed by atoms with E-state index >= 15 is 0 Å². The van der Waals surface area contributed by atoms with Crippen molar-refractivity contribution in [2.75, 3.05) is 18.0 Å². The van der Waals surface area contributed by atoms with Gasteiger partial charge in [-0.25, -0.2) is 4.79 Å². The highest BCUT2D eigenvalue weighted by molar-refractivity contribution is 5.95. The summed E-state index contributed by atoms with van der Waals surface area (Å²) in [5.41, 5.74) is 0.402. The molecule has 0 aromatic heterocycles. The van der Waals surface area contributed by atoms with Gasteiger partial charge in [0.1, 0.15) is 0 Å². The van der Waals surface area contributed by atoms with Crippen LogP contribution in [-0.4, -0.2) is 29.1 Å². The number of rotatable bonds is 7. The van der Waals surface area contributed by atoms with Gasteiger partial charge < -0.3 is 10.0 Å². The van der Waals surface area contributed by atoms with Gasteiger partial charge in [-0.05, 0) is 31.2 Å². The van der Waals surface area contributed by atoms with Crippen LogP contribution in [0.5, 0.6) is 0 Å². The van der Waals surface area contributed by atoms with Gasteiger partial charge in [0, 0.05) is 25.2 Å². The second-order valence-electron chi connectivity index (χ2n) is 5.15. The van der Waals surface area contributed by atoms with E-state index in [-0.39, 0.29) is 11.3 Å². The molecule has 6 nitrogen and oxygen atoms in total. The van der Waals surface area contributed by atoms with E-state index in [2.05, 4.69) is 0 Å². The summed E-state index contributed by atoms with van der Waals surface area (Å²) in [5, 5.41) is 20.1. The monoisotopic (exact) mass is 278 g/mol. The molecule has 0 atom stereocenters. The first kappa shape index (κ1) is 14.3. The first-order valence-corrected chi connectivity index (χ1v) is 6.79. The Kier molecular flexibility index (Phi) is 4.22. The van der Waals surface area contributed by atoms with Crippen LogP contribution < -0.4 is 4.90 Å². The number of hydrogen-bond acceptors (Lipinski definition) is 4. The maximum atomic E-state index is 11.4. The van der Waals surface area contributed by atoms with E-state index in [1.807, 2.05) is 11.8 Å². The number of carbonyl (C=O) groups is 1. The summed E-state index contributed by atoms with van der Waals surface area (Å²) in [7, 11) is 0. The first-order chi connectivity index (χ1) is 9.52. The first-order valence-electron chi connectivity index (χ1n) is 6.79. The fourth-order valence-electron chi connectivity index (χ4n) is 2.28. The number of non-ortho nitro benzene ring substituents is 1. The summed E-state index contributed by atoms with van der Waals surface area (Å²) >= 11 is 0. The van der Waals surface area contributed by atoms with Crippen LogP contribution in [0.3, 0.4) is 0 Å². The third-order valence-electron chi connectivity index (χ3n) is 3.43. The predicted octanol–water partition coefficient (Wildman–Crippen LogP) is 2.92. The fourth-order valence-corrected chi connectivity index (χ4v) is 2.28. The molecule has 0 amide bonds. The number of carboxylic acids is 1. The molecular formula is C14H18N2O4. The number of benzene rings is 1. The van der Waals surface area contributed by atoms with E-state index in [1.54, 1.807) is 6.07 Å².